The van der Waals surface area contributed by atoms with Crippen LogP contribution in [0.5, 0.6) is 0 Å². The zero-order valence-corrected chi connectivity index (χ0v) is 12.3. The summed E-state index contributed by atoms with van der Waals surface area (Å²) in [7, 11) is 0. The molecule has 0 amide bonds. The number of halogens is 3. The number of alkyl halides is 1. The van der Waals surface area contributed by atoms with E-state index < -0.39 is 17.0 Å². The van der Waals surface area contributed by atoms with Crippen LogP contribution in [0.4, 0.5) is 8.78 Å². The number of thioether (sulfide) groups is 1. The molecule has 0 N–H and O–H groups in total. The summed E-state index contributed by atoms with van der Waals surface area (Å²) in [5.74, 6) is 0.972. The van der Waals surface area contributed by atoms with E-state index in [0.29, 0.717) is 5.56 Å². The van der Waals surface area contributed by atoms with Crippen molar-refractivity contribution in [2.24, 2.45) is 0 Å². The SMILES string of the molecule is Fc1ccc(C(Cl)c2cc3c(s2)CCSC3)c(F)c1. The topological polar surface area (TPSA) is 0 Å². The molecule has 3 rings (SSSR count). The molecule has 2 aromatic rings. The molecular formula is C14H11ClF2S2. The third-order valence-electron chi connectivity index (χ3n) is 3.13. The Hall–Kier alpha value is -0.580. The predicted molar refractivity (Wildman–Crippen MR) is 78.2 cm³/mol. The van der Waals surface area contributed by atoms with E-state index in [-0.39, 0.29) is 0 Å². The first-order valence-electron chi connectivity index (χ1n) is 5.93. The average Bonchev–Trinajstić information content (AvgIpc) is 2.81. The first kappa shape index (κ1) is 13.4. The summed E-state index contributed by atoms with van der Waals surface area (Å²) in [5, 5.41) is -0.541. The Morgan fingerprint density at radius 1 is 1.21 bits per heavy atom. The van der Waals surface area contributed by atoms with E-state index in [1.54, 1.807) is 11.3 Å². The number of hydrogen-bond donors (Lipinski definition) is 0. The summed E-state index contributed by atoms with van der Waals surface area (Å²) >= 11 is 9.90. The van der Waals surface area contributed by atoms with Gasteiger partial charge < -0.3 is 0 Å². The summed E-state index contributed by atoms with van der Waals surface area (Å²) in [6, 6.07) is 5.62. The van der Waals surface area contributed by atoms with E-state index in [0.717, 1.165) is 28.9 Å². The van der Waals surface area contributed by atoms with Crippen LogP contribution in [0, 0.1) is 11.6 Å². The van der Waals surface area contributed by atoms with Crippen molar-refractivity contribution in [1.82, 2.24) is 0 Å². The van der Waals surface area contributed by atoms with Gasteiger partial charge >= 0.3 is 0 Å². The molecule has 2 heterocycles. The number of hydrogen-bond acceptors (Lipinski definition) is 2. The largest absolute Gasteiger partial charge is 0.207 e. The maximum absolute atomic E-state index is 13.7. The predicted octanol–water partition coefficient (Wildman–Crippen LogP) is 5.14. The van der Waals surface area contributed by atoms with Crippen LogP contribution in [0.3, 0.4) is 0 Å². The Morgan fingerprint density at radius 3 is 2.79 bits per heavy atom. The van der Waals surface area contributed by atoms with Crippen LogP contribution in [0.2, 0.25) is 0 Å². The fraction of sp³-hybridized carbons (Fsp3) is 0.286. The lowest BCUT2D eigenvalue weighted by molar-refractivity contribution is 0.574. The standard InChI is InChI=1S/C14H11ClF2S2/c15-14(10-2-1-9(16)6-11(10)17)13-5-8-7-18-4-3-12(8)19-13/h1-2,5-6,14H,3-4,7H2. The van der Waals surface area contributed by atoms with Gasteiger partial charge in [0.1, 0.15) is 11.6 Å². The highest BCUT2D eigenvalue weighted by atomic mass is 35.5. The summed E-state index contributed by atoms with van der Waals surface area (Å²) < 4.78 is 26.7. The zero-order chi connectivity index (χ0) is 13.4. The smallest absolute Gasteiger partial charge is 0.131 e. The molecular weight excluding hydrogens is 306 g/mol. The molecule has 0 bridgehead atoms. The van der Waals surface area contributed by atoms with E-state index in [1.807, 2.05) is 11.8 Å². The maximum Gasteiger partial charge on any atom is 0.131 e. The number of rotatable bonds is 2. The van der Waals surface area contributed by atoms with Crippen LogP contribution < -0.4 is 0 Å². The second-order valence-electron chi connectivity index (χ2n) is 4.43. The molecule has 0 fully saturated rings. The molecule has 0 saturated heterocycles. The van der Waals surface area contributed by atoms with Crippen LogP contribution in [-0.4, -0.2) is 5.75 Å². The van der Waals surface area contributed by atoms with Crippen molar-refractivity contribution in [1.29, 1.82) is 0 Å². The number of benzene rings is 1. The molecule has 1 aliphatic rings. The van der Waals surface area contributed by atoms with Gasteiger partial charge in [0, 0.05) is 27.1 Å². The normalized spacial score (nSPS) is 16.2. The molecule has 0 nitrogen and oxygen atoms in total. The van der Waals surface area contributed by atoms with Crippen molar-refractivity contribution >= 4 is 34.7 Å². The third-order valence-corrected chi connectivity index (χ3v) is 6.04. The molecule has 0 spiro atoms. The van der Waals surface area contributed by atoms with Crippen LogP contribution >= 0.6 is 34.7 Å². The minimum absolute atomic E-state index is 0.342. The lowest BCUT2D eigenvalue weighted by atomic mass is 10.1. The second kappa shape index (κ2) is 5.43. The minimum Gasteiger partial charge on any atom is -0.207 e. The fourth-order valence-electron chi connectivity index (χ4n) is 2.16. The van der Waals surface area contributed by atoms with E-state index in [2.05, 4.69) is 6.07 Å². The first-order chi connectivity index (χ1) is 9.15. The van der Waals surface area contributed by atoms with Gasteiger partial charge in [-0.25, -0.2) is 8.78 Å². The van der Waals surface area contributed by atoms with Gasteiger partial charge in [-0.3, -0.25) is 0 Å². The molecule has 0 radical (unpaired) electrons. The molecule has 1 aromatic carbocycles. The maximum atomic E-state index is 13.7. The minimum atomic E-state index is -0.583. The van der Waals surface area contributed by atoms with Gasteiger partial charge in [0.15, 0.2) is 0 Å². The van der Waals surface area contributed by atoms with Crippen molar-refractivity contribution in [3.05, 3.63) is 56.8 Å². The zero-order valence-electron chi connectivity index (χ0n) is 9.96. The van der Waals surface area contributed by atoms with Gasteiger partial charge in [0.2, 0.25) is 0 Å². The highest BCUT2D eigenvalue weighted by Gasteiger charge is 2.21. The Bertz CT molecular complexity index is 586. The Kier molecular flexibility index (Phi) is 3.83. The van der Waals surface area contributed by atoms with Gasteiger partial charge in [-0.1, -0.05) is 6.07 Å². The van der Waals surface area contributed by atoms with Crippen molar-refractivity contribution < 1.29 is 8.78 Å². The van der Waals surface area contributed by atoms with Crippen molar-refractivity contribution in [2.45, 2.75) is 17.6 Å². The van der Waals surface area contributed by atoms with Crippen LogP contribution in [0.25, 0.3) is 0 Å². The molecule has 1 unspecified atom stereocenters. The van der Waals surface area contributed by atoms with Crippen LogP contribution in [0.1, 0.15) is 26.3 Å². The molecule has 5 heteroatoms. The van der Waals surface area contributed by atoms with Gasteiger partial charge in [0.05, 0.1) is 5.38 Å². The molecule has 0 aliphatic carbocycles. The highest BCUT2D eigenvalue weighted by Crippen LogP contribution is 2.39. The average molecular weight is 317 g/mol. The second-order valence-corrected chi connectivity index (χ2v) is 7.14. The lowest BCUT2D eigenvalue weighted by Crippen LogP contribution is -1.96. The quantitative estimate of drug-likeness (QED) is 0.691. The summed E-state index contributed by atoms with van der Waals surface area (Å²) in [6.45, 7) is 0. The molecule has 1 atom stereocenters. The summed E-state index contributed by atoms with van der Waals surface area (Å²) in [5.41, 5.74) is 1.65. The van der Waals surface area contributed by atoms with E-state index in [9.17, 15) is 8.78 Å². The fourth-order valence-corrected chi connectivity index (χ4v) is 4.90. The first-order valence-corrected chi connectivity index (χ1v) is 8.34. The van der Waals surface area contributed by atoms with Crippen molar-refractivity contribution in [2.75, 3.05) is 5.75 Å². The Balaban J connectivity index is 1.94. The highest BCUT2D eigenvalue weighted by molar-refractivity contribution is 7.98. The number of aryl methyl sites for hydroxylation is 1. The van der Waals surface area contributed by atoms with Crippen molar-refractivity contribution in [3.63, 3.8) is 0 Å². The van der Waals surface area contributed by atoms with Gasteiger partial charge in [-0.2, -0.15) is 11.8 Å². The van der Waals surface area contributed by atoms with E-state index in [4.69, 9.17) is 11.6 Å². The molecule has 1 aromatic heterocycles. The summed E-state index contributed by atoms with van der Waals surface area (Å²) in [4.78, 5) is 2.29. The van der Waals surface area contributed by atoms with Gasteiger partial charge in [-0.15, -0.1) is 22.9 Å². The molecule has 100 valence electrons. The summed E-state index contributed by atoms with van der Waals surface area (Å²) in [6.07, 6.45) is 1.06. The van der Waals surface area contributed by atoms with Gasteiger partial charge in [0.25, 0.3) is 0 Å². The number of thiophene rings is 1. The van der Waals surface area contributed by atoms with Crippen LogP contribution in [-0.2, 0) is 12.2 Å². The monoisotopic (exact) mass is 316 g/mol. The van der Waals surface area contributed by atoms with E-state index in [1.165, 1.54) is 22.6 Å². The molecule has 19 heavy (non-hydrogen) atoms. The van der Waals surface area contributed by atoms with Crippen molar-refractivity contribution in [3.8, 4) is 0 Å². The third kappa shape index (κ3) is 2.67. The molecule has 1 aliphatic heterocycles. The Labute approximate surface area is 123 Å². The van der Waals surface area contributed by atoms with Crippen LogP contribution in [0.15, 0.2) is 24.3 Å². The molecule has 0 saturated carbocycles. The number of fused-ring (bicyclic) bond motifs is 1. The lowest BCUT2D eigenvalue weighted by Gasteiger charge is -2.08. The van der Waals surface area contributed by atoms with E-state index >= 15 is 0 Å². The van der Waals surface area contributed by atoms with Gasteiger partial charge in [-0.05, 0) is 29.9 Å². The Morgan fingerprint density at radius 2 is 2.05 bits per heavy atom.